The van der Waals surface area contributed by atoms with Crippen LogP contribution in [0.15, 0.2) is 54.7 Å². The molecule has 0 saturated carbocycles. The summed E-state index contributed by atoms with van der Waals surface area (Å²) in [7, 11) is 0. The van der Waals surface area contributed by atoms with E-state index in [1.807, 2.05) is 54.7 Å². The van der Waals surface area contributed by atoms with Crippen LogP contribution in [0.5, 0.6) is 0 Å². The maximum Gasteiger partial charge on any atom is 0.307 e. The van der Waals surface area contributed by atoms with Gasteiger partial charge in [-0.3, -0.25) is 4.79 Å². The fraction of sp³-hybridized carbons (Fsp3) is 0.118. The molecular formula is C17H14ClNO2. The molecule has 3 aromatic rings. The van der Waals surface area contributed by atoms with E-state index in [4.69, 9.17) is 16.7 Å². The lowest BCUT2D eigenvalue weighted by Crippen LogP contribution is -2.06. The first-order chi connectivity index (χ1) is 10.1. The predicted octanol–water partition coefficient (Wildman–Crippen LogP) is 3.97. The molecule has 0 aliphatic rings. The second kappa shape index (κ2) is 5.62. The van der Waals surface area contributed by atoms with Crippen molar-refractivity contribution in [1.82, 2.24) is 4.57 Å². The van der Waals surface area contributed by atoms with Gasteiger partial charge in [-0.1, -0.05) is 41.9 Å². The third kappa shape index (κ3) is 2.78. The molecule has 0 saturated heterocycles. The molecule has 0 atom stereocenters. The lowest BCUT2D eigenvalue weighted by atomic mass is 10.0. The van der Waals surface area contributed by atoms with Crippen molar-refractivity contribution in [2.75, 3.05) is 0 Å². The van der Waals surface area contributed by atoms with Gasteiger partial charge in [0.25, 0.3) is 0 Å². The molecule has 0 fully saturated rings. The Hall–Kier alpha value is -2.26. The zero-order chi connectivity index (χ0) is 14.8. The van der Waals surface area contributed by atoms with Gasteiger partial charge < -0.3 is 9.67 Å². The van der Waals surface area contributed by atoms with Crippen LogP contribution in [0.1, 0.15) is 11.1 Å². The minimum atomic E-state index is -0.817. The second-order valence-electron chi connectivity index (χ2n) is 4.96. The largest absolute Gasteiger partial charge is 0.481 e. The van der Waals surface area contributed by atoms with Crippen molar-refractivity contribution >= 4 is 28.5 Å². The van der Waals surface area contributed by atoms with E-state index >= 15 is 0 Å². The molecule has 3 rings (SSSR count). The Bertz CT molecular complexity index is 807. The van der Waals surface area contributed by atoms with Crippen molar-refractivity contribution in [3.63, 3.8) is 0 Å². The zero-order valence-electron chi connectivity index (χ0n) is 11.3. The first-order valence-corrected chi connectivity index (χ1v) is 7.05. The monoisotopic (exact) mass is 299 g/mol. The number of halogens is 1. The molecule has 0 aliphatic carbocycles. The smallest absolute Gasteiger partial charge is 0.307 e. The van der Waals surface area contributed by atoms with Gasteiger partial charge >= 0.3 is 5.97 Å². The van der Waals surface area contributed by atoms with Crippen LogP contribution >= 0.6 is 11.6 Å². The molecular weight excluding hydrogens is 286 g/mol. The average molecular weight is 300 g/mol. The quantitative estimate of drug-likeness (QED) is 0.792. The average Bonchev–Trinajstić information content (AvgIpc) is 2.85. The third-order valence-electron chi connectivity index (χ3n) is 3.56. The standard InChI is InChI=1S/C17H14ClNO2/c18-15-6-3-7-16-14(15)8-9-19(16)11-13-5-2-1-4-12(13)10-17(20)21/h1-9H,10-11H2,(H,20,21). The number of nitrogens with zero attached hydrogens (tertiary/aromatic N) is 1. The van der Waals surface area contributed by atoms with Crippen molar-refractivity contribution in [2.45, 2.75) is 13.0 Å². The van der Waals surface area contributed by atoms with Gasteiger partial charge in [0.15, 0.2) is 0 Å². The number of benzene rings is 2. The molecule has 1 heterocycles. The van der Waals surface area contributed by atoms with E-state index in [-0.39, 0.29) is 6.42 Å². The van der Waals surface area contributed by atoms with Crippen molar-refractivity contribution in [1.29, 1.82) is 0 Å². The van der Waals surface area contributed by atoms with Crippen LogP contribution in [-0.2, 0) is 17.8 Å². The van der Waals surface area contributed by atoms with E-state index < -0.39 is 5.97 Å². The van der Waals surface area contributed by atoms with E-state index in [0.717, 1.165) is 27.1 Å². The van der Waals surface area contributed by atoms with E-state index in [9.17, 15) is 4.79 Å². The minimum Gasteiger partial charge on any atom is -0.481 e. The zero-order valence-corrected chi connectivity index (χ0v) is 12.0. The lowest BCUT2D eigenvalue weighted by Gasteiger charge is -2.10. The van der Waals surface area contributed by atoms with Crippen molar-refractivity contribution < 1.29 is 9.90 Å². The normalized spacial score (nSPS) is 10.9. The fourth-order valence-electron chi connectivity index (χ4n) is 2.55. The first kappa shape index (κ1) is 13.7. The number of hydrogen-bond acceptors (Lipinski definition) is 1. The summed E-state index contributed by atoms with van der Waals surface area (Å²) in [6.45, 7) is 0.632. The number of carboxylic acid groups (broad SMARTS) is 1. The van der Waals surface area contributed by atoms with E-state index in [1.165, 1.54) is 0 Å². The van der Waals surface area contributed by atoms with Crippen molar-refractivity contribution in [3.8, 4) is 0 Å². The number of hydrogen-bond donors (Lipinski definition) is 1. The van der Waals surface area contributed by atoms with Crippen LogP contribution in [-0.4, -0.2) is 15.6 Å². The van der Waals surface area contributed by atoms with Gasteiger partial charge in [0.05, 0.1) is 6.42 Å². The maximum absolute atomic E-state index is 11.0. The Morgan fingerprint density at radius 2 is 1.81 bits per heavy atom. The molecule has 0 bridgehead atoms. The maximum atomic E-state index is 11.0. The van der Waals surface area contributed by atoms with E-state index in [1.54, 1.807) is 0 Å². The molecule has 0 radical (unpaired) electrons. The Labute approximate surface area is 127 Å². The molecule has 1 N–H and O–H groups in total. The van der Waals surface area contributed by atoms with Gasteiger partial charge in [0.1, 0.15) is 0 Å². The van der Waals surface area contributed by atoms with Gasteiger partial charge in [0.2, 0.25) is 0 Å². The summed E-state index contributed by atoms with van der Waals surface area (Å²) in [4.78, 5) is 11.0. The molecule has 21 heavy (non-hydrogen) atoms. The predicted molar refractivity (Wildman–Crippen MR) is 83.8 cm³/mol. The molecule has 2 aromatic carbocycles. The Morgan fingerprint density at radius 1 is 1.05 bits per heavy atom. The highest BCUT2D eigenvalue weighted by atomic mass is 35.5. The van der Waals surface area contributed by atoms with Gasteiger partial charge in [0, 0.05) is 28.7 Å². The Balaban J connectivity index is 1.99. The van der Waals surface area contributed by atoms with E-state index in [0.29, 0.717) is 6.54 Å². The van der Waals surface area contributed by atoms with Crippen LogP contribution in [0.4, 0.5) is 0 Å². The summed E-state index contributed by atoms with van der Waals surface area (Å²) in [6, 6.07) is 15.4. The molecule has 0 amide bonds. The molecule has 3 nitrogen and oxygen atoms in total. The van der Waals surface area contributed by atoms with Gasteiger partial charge in [-0.2, -0.15) is 0 Å². The van der Waals surface area contributed by atoms with Crippen LogP contribution in [0, 0.1) is 0 Å². The van der Waals surface area contributed by atoms with Crippen LogP contribution < -0.4 is 0 Å². The molecule has 0 aliphatic heterocycles. The third-order valence-corrected chi connectivity index (χ3v) is 3.89. The SMILES string of the molecule is O=C(O)Cc1ccccc1Cn1ccc2c(Cl)cccc21. The topological polar surface area (TPSA) is 42.2 Å². The highest BCUT2D eigenvalue weighted by Crippen LogP contribution is 2.25. The van der Waals surface area contributed by atoms with Gasteiger partial charge in [-0.25, -0.2) is 0 Å². The van der Waals surface area contributed by atoms with Crippen LogP contribution in [0.25, 0.3) is 10.9 Å². The van der Waals surface area contributed by atoms with Crippen molar-refractivity contribution in [2.24, 2.45) is 0 Å². The summed E-state index contributed by atoms with van der Waals surface area (Å²) in [6.07, 6.45) is 2.02. The lowest BCUT2D eigenvalue weighted by molar-refractivity contribution is -0.136. The van der Waals surface area contributed by atoms with Gasteiger partial charge in [-0.15, -0.1) is 0 Å². The first-order valence-electron chi connectivity index (χ1n) is 6.67. The van der Waals surface area contributed by atoms with Gasteiger partial charge in [-0.05, 0) is 29.3 Å². The molecule has 0 spiro atoms. The summed E-state index contributed by atoms with van der Waals surface area (Å²) in [5.74, 6) is -0.817. The number of aliphatic carboxylic acids is 1. The molecule has 106 valence electrons. The van der Waals surface area contributed by atoms with E-state index in [2.05, 4.69) is 4.57 Å². The highest BCUT2D eigenvalue weighted by molar-refractivity contribution is 6.35. The number of carbonyl (C=O) groups is 1. The summed E-state index contributed by atoms with van der Waals surface area (Å²) < 4.78 is 2.09. The van der Waals surface area contributed by atoms with Crippen LogP contribution in [0.3, 0.4) is 0 Å². The fourth-order valence-corrected chi connectivity index (χ4v) is 2.79. The Kier molecular flexibility index (Phi) is 3.67. The number of aromatic nitrogens is 1. The Morgan fingerprint density at radius 3 is 2.57 bits per heavy atom. The van der Waals surface area contributed by atoms with Crippen LogP contribution in [0.2, 0.25) is 5.02 Å². The summed E-state index contributed by atoms with van der Waals surface area (Å²) >= 11 is 6.18. The summed E-state index contributed by atoms with van der Waals surface area (Å²) in [5, 5.41) is 10.7. The van der Waals surface area contributed by atoms with Crippen molar-refractivity contribution in [3.05, 3.63) is 70.9 Å². The molecule has 0 unspecified atom stereocenters. The highest BCUT2D eigenvalue weighted by Gasteiger charge is 2.09. The number of fused-ring (bicyclic) bond motifs is 1. The number of rotatable bonds is 4. The molecule has 4 heteroatoms. The molecule has 1 aromatic heterocycles. The number of carboxylic acids is 1. The second-order valence-corrected chi connectivity index (χ2v) is 5.36. The minimum absolute atomic E-state index is 0.0378. The summed E-state index contributed by atoms with van der Waals surface area (Å²) in [5.41, 5.74) is 2.90.